The minimum atomic E-state index is -0.607. The molecule has 0 saturated carbocycles. The first kappa shape index (κ1) is 19.7. The molecule has 0 unspecified atom stereocenters. The molecular weight excluding hydrogens is 459 g/mol. The Morgan fingerprint density at radius 3 is 2.14 bits per heavy atom. The van der Waals surface area contributed by atoms with Crippen molar-refractivity contribution in [2.24, 2.45) is 0 Å². The van der Waals surface area contributed by atoms with Crippen LogP contribution in [0.4, 0.5) is 28.4 Å². The Morgan fingerprint density at radius 1 is 0.541 bits per heavy atom. The second kappa shape index (κ2) is 7.05. The lowest BCUT2D eigenvalue weighted by Crippen LogP contribution is -2.71. The predicted octanol–water partition coefficient (Wildman–Crippen LogP) is 5.12. The molecule has 9 rings (SSSR count). The third-order valence-electron chi connectivity index (χ3n) is 7.74. The molecule has 0 N–H and O–H groups in total. The van der Waals surface area contributed by atoms with Crippen molar-refractivity contribution in [2.75, 3.05) is 14.3 Å². The lowest BCUT2D eigenvalue weighted by Gasteiger charge is -2.46. The van der Waals surface area contributed by atoms with E-state index < -0.39 is 14.4 Å². The second-order valence-corrected chi connectivity index (χ2v) is 9.65. The fourth-order valence-electron chi connectivity index (χ4n) is 6.24. The van der Waals surface area contributed by atoms with Crippen molar-refractivity contribution < 1.29 is 13.9 Å². The molecular formula is C28H18B3N3O3. The molecule has 4 aliphatic heterocycles. The van der Waals surface area contributed by atoms with Crippen LogP contribution >= 0.6 is 0 Å². The average molecular weight is 477 g/mol. The van der Waals surface area contributed by atoms with Crippen molar-refractivity contribution in [3.63, 3.8) is 0 Å². The second-order valence-electron chi connectivity index (χ2n) is 9.65. The molecule has 0 spiro atoms. The van der Waals surface area contributed by atoms with Gasteiger partial charge in [-0.1, -0.05) is 60.7 Å². The van der Waals surface area contributed by atoms with E-state index in [-0.39, 0.29) is 7.05 Å². The highest BCUT2D eigenvalue weighted by Gasteiger charge is 2.60. The maximum absolute atomic E-state index is 6.86. The van der Waals surface area contributed by atoms with Gasteiger partial charge in [-0.3, -0.25) is 0 Å². The van der Waals surface area contributed by atoms with Gasteiger partial charge < -0.3 is 28.2 Å². The zero-order valence-corrected chi connectivity index (χ0v) is 19.7. The summed E-state index contributed by atoms with van der Waals surface area (Å²) in [6, 6.07) is 37.5. The highest BCUT2D eigenvalue weighted by Crippen LogP contribution is 2.49. The zero-order chi connectivity index (χ0) is 24.1. The van der Waals surface area contributed by atoms with Gasteiger partial charge in [0.25, 0.3) is 0 Å². The van der Waals surface area contributed by atoms with Gasteiger partial charge in [0.05, 0.1) is 5.69 Å². The maximum atomic E-state index is 6.86. The molecule has 37 heavy (non-hydrogen) atoms. The van der Waals surface area contributed by atoms with Crippen LogP contribution in [0.25, 0.3) is 10.8 Å². The molecule has 172 valence electrons. The summed E-state index contributed by atoms with van der Waals surface area (Å²) in [5.74, 6) is 1.66. The SMILES string of the molecule is c1ccc(N2B3Oc4cccc5c4B(OB4Oc6cccc7cccc(c67)N45)N3c3ccccc32)cc1. The molecule has 0 bridgehead atoms. The highest BCUT2D eigenvalue weighted by molar-refractivity contribution is 6.94. The van der Waals surface area contributed by atoms with Gasteiger partial charge in [-0.15, -0.1) is 0 Å². The van der Waals surface area contributed by atoms with Gasteiger partial charge in [-0.05, 0) is 53.9 Å². The first-order valence-electron chi connectivity index (χ1n) is 12.5. The fourth-order valence-corrected chi connectivity index (χ4v) is 6.24. The summed E-state index contributed by atoms with van der Waals surface area (Å²) in [4.78, 5) is 4.39. The summed E-state index contributed by atoms with van der Waals surface area (Å²) in [7, 11) is -1.38. The molecule has 0 radical (unpaired) electrons. The van der Waals surface area contributed by atoms with Gasteiger partial charge in [0.1, 0.15) is 11.5 Å². The van der Waals surface area contributed by atoms with E-state index in [0.717, 1.165) is 56.2 Å². The summed E-state index contributed by atoms with van der Waals surface area (Å²) in [6.45, 7) is 0. The molecule has 0 fully saturated rings. The van der Waals surface area contributed by atoms with E-state index in [2.05, 4.69) is 99.3 Å². The molecule has 0 amide bonds. The van der Waals surface area contributed by atoms with Gasteiger partial charge >= 0.3 is 21.5 Å². The number of rotatable bonds is 1. The van der Waals surface area contributed by atoms with Gasteiger partial charge in [0, 0.05) is 33.6 Å². The molecule has 4 heterocycles. The van der Waals surface area contributed by atoms with E-state index in [1.54, 1.807) is 0 Å². The Labute approximate surface area is 215 Å². The van der Waals surface area contributed by atoms with E-state index >= 15 is 0 Å². The van der Waals surface area contributed by atoms with Crippen molar-refractivity contribution in [1.29, 1.82) is 0 Å². The quantitative estimate of drug-likeness (QED) is 0.313. The Balaban J connectivity index is 1.26. The molecule has 5 aromatic carbocycles. The van der Waals surface area contributed by atoms with Crippen LogP contribution in [0.15, 0.2) is 109 Å². The number of nitrogens with zero attached hydrogens (tertiary/aromatic N) is 3. The van der Waals surface area contributed by atoms with Crippen LogP contribution in [0, 0.1) is 0 Å². The number of benzene rings is 5. The van der Waals surface area contributed by atoms with E-state index in [0.29, 0.717) is 0 Å². The summed E-state index contributed by atoms with van der Waals surface area (Å²) in [5, 5.41) is 2.24. The Kier molecular flexibility index (Phi) is 3.75. The highest BCUT2D eigenvalue weighted by atomic mass is 16.6. The molecule has 9 heteroatoms. The Bertz CT molecular complexity index is 1730. The number of hydrogen-bond acceptors (Lipinski definition) is 6. The van der Waals surface area contributed by atoms with Gasteiger partial charge in [0.15, 0.2) is 0 Å². The van der Waals surface area contributed by atoms with Crippen molar-refractivity contribution in [3.05, 3.63) is 109 Å². The van der Waals surface area contributed by atoms with Crippen LogP contribution in [0.1, 0.15) is 0 Å². The van der Waals surface area contributed by atoms with Crippen LogP contribution in [-0.2, 0) is 4.57 Å². The van der Waals surface area contributed by atoms with Crippen molar-refractivity contribution in [1.82, 2.24) is 0 Å². The largest absolute Gasteiger partial charge is 0.656 e. The summed E-state index contributed by atoms with van der Waals surface area (Å²) in [6.07, 6.45) is 0. The summed E-state index contributed by atoms with van der Waals surface area (Å²) >= 11 is 0. The van der Waals surface area contributed by atoms with E-state index in [4.69, 9.17) is 13.9 Å². The van der Waals surface area contributed by atoms with Gasteiger partial charge in [0.2, 0.25) is 0 Å². The van der Waals surface area contributed by atoms with Gasteiger partial charge in [-0.25, -0.2) is 0 Å². The zero-order valence-electron chi connectivity index (χ0n) is 19.7. The molecule has 4 aliphatic rings. The van der Waals surface area contributed by atoms with Crippen molar-refractivity contribution in [2.45, 2.75) is 0 Å². The fraction of sp³-hybridized carbons (Fsp3) is 0. The molecule has 0 aromatic heterocycles. The molecule has 0 saturated heterocycles. The monoisotopic (exact) mass is 477 g/mol. The minimum absolute atomic E-state index is 0.384. The summed E-state index contributed by atoms with van der Waals surface area (Å²) < 4.78 is 22.4. The molecule has 6 nitrogen and oxygen atoms in total. The van der Waals surface area contributed by atoms with E-state index in [1.807, 2.05) is 24.3 Å². The number of hydrogen-bond donors (Lipinski definition) is 0. The first-order chi connectivity index (χ1) is 18.4. The van der Waals surface area contributed by atoms with Crippen LogP contribution in [0.5, 0.6) is 11.5 Å². The van der Waals surface area contributed by atoms with Crippen LogP contribution in [0.3, 0.4) is 0 Å². The Hall–Kier alpha value is -4.49. The molecule has 0 aliphatic carbocycles. The van der Waals surface area contributed by atoms with E-state index in [9.17, 15) is 0 Å². The van der Waals surface area contributed by atoms with E-state index in [1.165, 1.54) is 0 Å². The third-order valence-corrected chi connectivity index (χ3v) is 7.74. The Morgan fingerprint density at radius 2 is 1.24 bits per heavy atom. The molecule has 5 aromatic rings. The standard InChI is InChI=1S/C28H18B3N3O3/c1-2-11-20(12-3-1)32-21-13-4-5-14-22(21)34-29-28-24(16-8-18-26(28)35-30(32)34)33-23-15-6-9-19-10-7-17-25(27(19)23)36-31(33)37-29/h1-18H. The average Bonchev–Trinajstić information content (AvgIpc) is 3.28. The van der Waals surface area contributed by atoms with Gasteiger partial charge in [-0.2, -0.15) is 0 Å². The first-order valence-corrected chi connectivity index (χ1v) is 12.5. The van der Waals surface area contributed by atoms with Crippen LogP contribution in [-0.4, -0.2) is 21.5 Å². The number of fused-ring (bicyclic) bond motifs is 7. The number of para-hydroxylation sites is 3. The van der Waals surface area contributed by atoms with Crippen molar-refractivity contribution >= 4 is 66.2 Å². The summed E-state index contributed by atoms with van der Waals surface area (Å²) in [5.41, 5.74) is 6.34. The van der Waals surface area contributed by atoms with Crippen LogP contribution in [0.2, 0.25) is 0 Å². The molecule has 0 atom stereocenters. The smallest absolute Gasteiger partial charge is 0.524 e. The minimum Gasteiger partial charge on any atom is -0.524 e. The lowest BCUT2D eigenvalue weighted by atomic mass is 9.58. The number of anilines is 5. The van der Waals surface area contributed by atoms with Crippen molar-refractivity contribution in [3.8, 4) is 11.5 Å². The van der Waals surface area contributed by atoms with Crippen LogP contribution < -0.4 is 29.1 Å². The maximum Gasteiger partial charge on any atom is 0.656 e. The normalized spacial score (nSPS) is 16.1. The topological polar surface area (TPSA) is 37.4 Å². The predicted molar refractivity (Wildman–Crippen MR) is 149 cm³/mol. The third kappa shape index (κ3) is 2.51. The lowest BCUT2D eigenvalue weighted by molar-refractivity contribution is 0.422.